The Labute approximate surface area is 163 Å². The molecule has 2 aromatic rings. The van der Waals surface area contributed by atoms with Gasteiger partial charge < -0.3 is 15.5 Å². The van der Waals surface area contributed by atoms with E-state index in [9.17, 15) is 14.9 Å². The molecule has 1 unspecified atom stereocenters. The van der Waals surface area contributed by atoms with Crippen molar-refractivity contribution >= 4 is 28.7 Å². The van der Waals surface area contributed by atoms with Crippen molar-refractivity contribution in [3.63, 3.8) is 0 Å². The number of nitro groups is 1. The standard InChI is InChI=1S/C21H24N4O3/c1-14-10-11-24(13-14)18-7-5-17(6-8-18)23-21(26)15-2-9-19(22-16-3-4-16)20(12-15)25(27)28/h2,5-9,12,14,16,22H,3-4,10-11,13H2,1H3,(H,23,26). The zero-order chi connectivity index (χ0) is 19.7. The number of anilines is 3. The first-order valence-electron chi connectivity index (χ1n) is 9.71. The average Bonchev–Trinajstić information content (AvgIpc) is 3.39. The van der Waals surface area contributed by atoms with E-state index in [0.717, 1.165) is 31.6 Å². The van der Waals surface area contributed by atoms with E-state index in [1.165, 1.54) is 12.5 Å². The molecule has 1 heterocycles. The van der Waals surface area contributed by atoms with Crippen LogP contribution in [-0.4, -0.2) is 30.0 Å². The Morgan fingerprint density at radius 2 is 1.89 bits per heavy atom. The number of nitrogens with one attached hydrogen (secondary N) is 2. The number of nitrogens with zero attached hydrogens (tertiary/aromatic N) is 2. The molecule has 146 valence electrons. The Bertz CT molecular complexity index is 893. The fourth-order valence-corrected chi connectivity index (χ4v) is 3.52. The maximum atomic E-state index is 12.6. The molecule has 1 aliphatic carbocycles. The van der Waals surface area contributed by atoms with Gasteiger partial charge >= 0.3 is 0 Å². The minimum absolute atomic E-state index is 0.0712. The van der Waals surface area contributed by atoms with E-state index >= 15 is 0 Å². The number of nitro benzene ring substituents is 1. The van der Waals surface area contributed by atoms with E-state index in [1.807, 2.05) is 24.3 Å². The van der Waals surface area contributed by atoms with Gasteiger partial charge in [0.1, 0.15) is 5.69 Å². The van der Waals surface area contributed by atoms with Crippen LogP contribution in [0.25, 0.3) is 0 Å². The average molecular weight is 380 g/mol. The number of amides is 1. The summed E-state index contributed by atoms with van der Waals surface area (Å²) in [5, 5.41) is 17.3. The van der Waals surface area contributed by atoms with Crippen LogP contribution in [-0.2, 0) is 0 Å². The van der Waals surface area contributed by atoms with Crippen LogP contribution in [0.3, 0.4) is 0 Å². The van der Waals surface area contributed by atoms with Crippen LogP contribution in [0.1, 0.15) is 36.5 Å². The number of benzene rings is 2. The van der Waals surface area contributed by atoms with Crippen LogP contribution in [0.15, 0.2) is 42.5 Å². The molecule has 2 N–H and O–H groups in total. The Kier molecular flexibility index (Phi) is 4.90. The van der Waals surface area contributed by atoms with Crippen molar-refractivity contribution < 1.29 is 9.72 Å². The molecule has 0 spiro atoms. The van der Waals surface area contributed by atoms with Gasteiger partial charge in [0.25, 0.3) is 11.6 Å². The smallest absolute Gasteiger partial charge is 0.293 e. The molecular formula is C21H24N4O3. The van der Waals surface area contributed by atoms with Gasteiger partial charge in [-0.05, 0) is 61.6 Å². The molecule has 2 aromatic carbocycles. The molecule has 7 nitrogen and oxygen atoms in total. The van der Waals surface area contributed by atoms with Gasteiger partial charge in [-0.3, -0.25) is 14.9 Å². The van der Waals surface area contributed by atoms with Gasteiger partial charge in [0.05, 0.1) is 4.92 Å². The van der Waals surface area contributed by atoms with Crippen molar-refractivity contribution in [3.05, 3.63) is 58.1 Å². The van der Waals surface area contributed by atoms with Crippen LogP contribution in [0, 0.1) is 16.0 Å². The third-order valence-corrected chi connectivity index (χ3v) is 5.31. The summed E-state index contributed by atoms with van der Waals surface area (Å²) < 4.78 is 0. The third kappa shape index (κ3) is 4.08. The van der Waals surface area contributed by atoms with Crippen LogP contribution < -0.4 is 15.5 Å². The molecule has 1 aliphatic heterocycles. The van der Waals surface area contributed by atoms with Gasteiger partial charge in [0.15, 0.2) is 0 Å². The highest BCUT2D eigenvalue weighted by atomic mass is 16.6. The number of hydrogen-bond donors (Lipinski definition) is 2. The molecule has 1 atom stereocenters. The normalized spacial score (nSPS) is 18.8. The van der Waals surface area contributed by atoms with Crippen LogP contribution in [0.2, 0.25) is 0 Å². The van der Waals surface area contributed by atoms with E-state index in [0.29, 0.717) is 23.3 Å². The Hall–Kier alpha value is -3.09. The van der Waals surface area contributed by atoms with Crippen molar-refractivity contribution in [1.82, 2.24) is 0 Å². The van der Waals surface area contributed by atoms with Crippen molar-refractivity contribution in [3.8, 4) is 0 Å². The summed E-state index contributed by atoms with van der Waals surface area (Å²) in [6, 6.07) is 12.6. The third-order valence-electron chi connectivity index (χ3n) is 5.31. The van der Waals surface area contributed by atoms with Crippen molar-refractivity contribution in [2.75, 3.05) is 28.6 Å². The van der Waals surface area contributed by atoms with Gasteiger partial charge in [-0.25, -0.2) is 0 Å². The number of carbonyl (C=O) groups is 1. The summed E-state index contributed by atoms with van der Waals surface area (Å²) in [7, 11) is 0. The van der Waals surface area contributed by atoms with E-state index in [-0.39, 0.29) is 17.2 Å². The molecular weight excluding hydrogens is 356 g/mol. The zero-order valence-corrected chi connectivity index (χ0v) is 15.9. The summed E-state index contributed by atoms with van der Waals surface area (Å²) in [5.74, 6) is 0.344. The molecule has 7 heteroatoms. The lowest BCUT2D eigenvalue weighted by molar-refractivity contribution is -0.384. The number of carbonyl (C=O) groups excluding carboxylic acids is 1. The van der Waals surface area contributed by atoms with Crippen LogP contribution in [0.5, 0.6) is 0 Å². The minimum atomic E-state index is -0.451. The fraction of sp³-hybridized carbons (Fsp3) is 0.381. The van der Waals surface area contributed by atoms with Gasteiger partial charge in [-0.2, -0.15) is 0 Å². The molecule has 0 aromatic heterocycles. The highest BCUT2D eigenvalue weighted by molar-refractivity contribution is 6.05. The summed E-state index contributed by atoms with van der Waals surface area (Å²) in [5.41, 5.74) is 2.48. The Balaban J connectivity index is 1.45. The fourth-order valence-electron chi connectivity index (χ4n) is 3.52. The van der Waals surface area contributed by atoms with E-state index < -0.39 is 4.92 Å². The second kappa shape index (κ2) is 7.50. The Morgan fingerprint density at radius 1 is 1.14 bits per heavy atom. The van der Waals surface area contributed by atoms with E-state index in [4.69, 9.17) is 0 Å². The summed E-state index contributed by atoms with van der Waals surface area (Å²) in [6.45, 7) is 4.35. The Morgan fingerprint density at radius 3 is 2.50 bits per heavy atom. The zero-order valence-electron chi connectivity index (χ0n) is 15.9. The van der Waals surface area contributed by atoms with Gasteiger partial charge in [0.2, 0.25) is 0 Å². The molecule has 28 heavy (non-hydrogen) atoms. The van der Waals surface area contributed by atoms with Gasteiger partial charge in [-0.1, -0.05) is 6.92 Å². The highest BCUT2D eigenvalue weighted by Gasteiger charge is 2.25. The van der Waals surface area contributed by atoms with E-state index in [2.05, 4.69) is 22.5 Å². The minimum Gasteiger partial charge on any atom is -0.377 e. The highest BCUT2D eigenvalue weighted by Crippen LogP contribution is 2.32. The van der Waals surface area contributed by atoms with E-state index in [1.54, 1.807) is 12.1 Å². The second-order valence-electron chi connectivity index (χ2n) is 7.75. The van der Waals surface area contributed by atoms with Gasteiger partial charge in [-0.15, -0.1) is 0 Å². The SMILES string of the molecule is CC1CCN(c2ccc(NC(=O)c3ccc(NC4CC4)c([N+](=O)[O-])c3)cc2)C1. The first-order valence-corrected chi connectivity index (χ1v) is 9.71. The first-order chi connectivity index (χ1) is 13.5. The van der Waals surface area contributed by atoms with Crippen molar-refractivity contribution in [1.29, 1.82) is 0 Å². The van der Waals surface area contributed by atoms with Crippen LogP contribution in [0.4, 0.5) is 22.7 Å². The second-order valence-corrected chi connectivity index (χ2v) is 7.75. The lowest BCUT2D eigenvalue weighted by Crippen LogP contribution is -2.19. The molecule has 2 aliphatic rings. The molecule has 4 rings (SSSR count). The quantitative estimate of drug-likeness (QED) is 0.577. The maximum absolute atomic E-state index is 12.6. The van der Waals surface area contributed by atoms with Crippen molar-refractivity contribution in [2.45, 2.75) is 32.2 Å². The molecule has 1 saturated heterocycles. The topological polar surface area (TPSA) is 87.5 Å². The number of rotatable bonds is 6. The first kappa shape index (κ1) is 18.3. The van der Waals surface area contributed by atoms with Crippen molar-refractivity contribution in [2.24, 2.45) is 5.92 Å². The number of hydrogen-bond acceptors (Lipinski definition) is 5. The molecule has 1 saturated carbocycles. The lowest BCUT2D eigenvalue weighted by atomic mass is 10.1. The molecule has 0 bridgehead atoms. The largest absolute Gasteiger partial charge is 0.377 e. The summed E-state index contributed by atoms with van der Waals surface area (Å²) in [6.07, 6.45) is 3.24. The monoisotopic (exact) mass is 380 g/mol. The van der Waals surface area contributed by atoms with Gasteiger partial charge in [0, 0.05) is 42.1 Å². The maximum Gasteiger partial charge on any atom is 0.293 e. The molecule has 1 amide bonds. The molecule has 0 radical (unpaired) electrons. The summed E-state index contributed by atoms with van der Waals surface area (Å²) >= 11 is 0. The predicted octanol–water partition coefficient (Wildman–Crippen LogP) is 4.27. The predicted molar refractivity (Wildman–Crippen MR) is 110 cm³/mol. The lowest BCUT2D eigenvalue weighted by Gasteiger charge is -2.18. The summed E-state index contributed by atoms with van der Waals surface area (Å²) in [4.78, 5) is 25.8. The van der Waals surface area contributed by atoms with Crippen LogP contribution >= 0.6 is 0 Å². The molecule has 2 fully saturated rings.